The topological polar surface area (TPSA) is 35.6 Å². The first-order chi connectivity index (χ1) is 10.7. The van der Waals surface area contributed by atoms with Crippen LogP contribution in [0.4, 0.5) is 0 Å². The average Bonchev–Trinajstić information content (AvgIpc) is 2.57. The molecule has 128 valence electrons. The van der Waals surface area contributed by atoms with Crippen molar-refractivity contribution in [2.45, 2.75) is 19.8 Å². The van der Waals surface area contributed by atoms with Gasteiger partial charge in [-0.15, -0.1) is 12.4 Å². The number of nitrogens with one attached hydrogen (secondary N) is 1. The second-order valence-electron chi connectivity index (χ2n) is 6.67. The first-order valence-electron chi connectivity index (χ1n) is 8.51. The summed E-state index contributed by atoms with van der Waals surface area (Å²) in [6.45, 7) is 9.28. The van der Waals surface area contributed by atoms with Gasteiger partial charge in [-0.05, 0) is 50.9 Å². The Morgan fingerprint density at radius 3 is 2.48 bits per heavy atom. The summed E-state index contributed by atoms with van der Waals surface area (Å²) >= 11 is 0. The molecular weight excluding hydrogens is 310 g/mol. The van der Waals surface area contributed by atoms with Gasteiger partial charge in [0.2, 0.25) is 0 Å². The predicted octanol–water partition coefficient (Wildman–Crippen LogP) is 2.17. The standard InChI is InChI=1S/C18H27N3O.ClH/c1-15-4-6-17(7-5-15)18(22)21-11-9-20(10-12-21)14-16-3-2-8-19-13-16;/h4-7,16,19H,2-3,8-14H2,1H3;1H. The molecule has 2 fully saturated rings. The summed E-state index contributed by atoms with van der Waals surface area (Å²) in [6.07, 6.45) is 2.64. The van der Waals surface area contributed by atoms with Gasteiger partial charge in [0.15, 0.2) is 0 Å². The van der Waals surface area contributed by atoms with Crippen molar-refractivity contribution < 1.29 is 4.79 Å². The fourth-order valence-corrected chi connectivity index (χ4v) is 3.46. The third-order valence-electron chi connectivity index (χ3n) is 4.87. The minimum atomic E-state index is 0. The Morgan fingerprint density at radius 2 is 1.87 bits per heavy atom. The van der Waals surface area contributed by atoms with Crippen molar-refractivity contribution in [3.05, 3.63) is 35.4 Å². The molecule has 1 unspecified atom stereocenters. The maximum atomic E-state index is 12.5. The van der Waals surface area contributed by atoms with Crippen molar-refractivity contribution in [3.8, 4) is 0 Å². The number of amides is 1. The number of hydrogen-bond acceptors (Lipinski definition) is 3. The lowest BCUT2D eigenvalue weighted by Crippen LogP contribution is -2.50. The van der Waals surface area contributed by atoms with Gasteiger partial charge in [-0.25, -0.2) is 0 Å². The molecule has 0 spiro atoms. The third-order valence-corrected chi connectivity index (χ3v) is 4.87. The number of benzene rings is 1. The van der Waals surface area contributed by atoms with Crippen LogP contribution in [0.5, 0.6) is 0 Å². The van der Waals surface area contributed by atoms with E-state index in [-0.39, 0.29) is 18.3 Å². The molecule has 2 heterocycles. The number of aryl methyl sites for hydroxylation is 1. The molecule has 1 aromatic rings. The fraction of sp³-hybridized carbons (Fsp3) is 0.611. The van der Waals surface area contributed by atoms with Crippen molar-refractivity contribution in [1.29, 1.82) is 0 Å². The van der Waals surface area contributed by atoms with E-state index in [9.17, 15) is 4.79 Å². The van der Waals surface area contributed by atoms with Crippen LogP contribution in [-0.4, -0.2) is 61.5 Å². The van der Waals surface area contributed by atoms with Crippen LogP contribution in [0.3, 0.4) is 0 Å². The van der Waals surface area contributed by atoms with Crippen LogP contribution in [0, 0.1) is 12.8 Å². The van der Waals surface area contributed by atoms with Crippen LogP contribution < -0.4 is 5.32 Å². The number of piperazine rings is 1. The molecule has 1 atom stereocenters. The van der Waals surface area contributed by atoms with Gasteiger partial charge in [-0.1, -0.05) is 17.7 Å². The normalized spacial score (nSPS) is 22.5. The monoisotopic (exact) mass is 337 g/mol. The Hall–Kier alpha value is -1.10. The average molecular weight is 338 g/mol. The summed E-state index contributed by atoms with van der Waals surface area (Å²) in [5.41, 5.74) is 2.01. The second kappa shape index (κ2) is 8.67. The van der Waals surface area contributed by atoms with E-state index in [0.717, 1.165) is 44.2 Å². The molecule has 0 radical (unpaired) electrons. The molecule has 0 aliphatic carbocycles. The number of rotatable bonds is 3. The Labute approximate surface area is 145 Å². The molecule has 1 aromatic carbocycles. The molecule has 2 aliphatic heterocycles. The zero-order valence-electron chi connectivity index (χ0n) is 14.0. The summed E-state index contributed by atoms with van der Waals surface area (Å²) in [4.78, 5) is 17.0. The van der Waals surface area contributed by atoms with Crippen LogP contribution in [-0.2, 0) is 0 Å². The SMILES string of the molecule is Cc1ccc(C(=O)N2CCN(CC3CCCNC3)CC2)cc1.Cl. The Balaban J connectivity index is 0.00000192. The van der Waals surface area contributed by atoms with Crippen LogP contribution in [0.2, 0.25) is 0 Å². The van der Waals surface area contributed by atoms with E-state index < -0.39 is 0 Å². The number of hydrogen-bond donors (Lipinski definition) is 1. The van der Waals surface area contributed by atoms with E-state index in [1.165, 1.54) is 31.5 Å². The Morgan fingerprint density at radius 1 is 1.17 bits per heavy atom. The smallest absolute Gasteiger partial charge is 0.253 e. The second-order valence-corrected chi connectivity index (χ2v) is 6.67. The lowest BCUT2D eigenvalue weighted by molar-refractivity contribution is 0.0610. The van der Waals surface area contributed by atoms with Crippen molar-refractivity contribution in [1.82, 2.24) is 15.1 Å². The molecule has 1 N–H and O–H groups in total. The highest BCUT2D eigenvalue weighted by Gasteiger charge is 2.24. The summed E-state index contributed by atoms with van der Waals surface area (Å²) in [7, 11) is 0. The van der Waals surface area contributed by atoms with Crippen LogP contribution in [0.1, 0.15) is 28.8 Å². The van der Waals surface area contributed by atoms with E-state index >= 15 is 0 Å². The van der Waals surface area contributed by atoms with Gasteiger partial charge >= 0.3 is 0 Å². The van der Waals surface area contributed by atoms with Gasteiger partial charge in [0.05, 0.1) is 0 Å². The van der Waals surface area contributed by atoms with Crippen LogP contribution in [0.25, 0.3) is 0 Å². The zero-order valence-corrected chi connectivity index (χ0v) is 14.8. The minimum Gasteiger partial charge on any atom is -0.336 e. The molecule has 3 rings (SSSR count). The largest absolute Gasteiger partial charge is 0.336 e. The molecule has 5 heteroatoms. The highest BCUT2D eigenvalue weighted by molar-refractivity contribution is 5.94. The van der Waals surface area contributed by atoms with Gasteiger partial charge in [0.25, 0.3) is 5.91 Å². The maximum Gasteiger partial charge on any atom is 0.253 e. The van der Waals surface area contributed by atoms with Gasteiger partial charge in [0, 0.05) is 38.3 Å². The number of halogens is 1. The number of carbonyl (C=O) groups is 1. The van der Waals surface area contributed by atoms with Crippen LogP contribution >= 0.6 is 12.4 Å². The van der Waals surface area contributed by atoms with Gasteiger partial charge in [-0.2, -0.15) is 0 Å². The van der Waals surface area contributed by atoms with Gasteiger partial charge < -0.3 is 10.2 Å². The molecule has 0 aromatic heterocycles. The molecule has 4 nitrogen and oxygen atoms in total. The van der Waals surface area contributed by atoms with E-state index in [0.29, 0.717) is 0 Å². The molecule has 23 heavy (non-hydrogen) atoms. The lowest BCUT2D eigenvalue weighted by Gasteiger charge is -2.37. The predicted molar refractivity (Wildman–Crippen MR) is 96.4 cm³/mol. The molecular formula is C18H28ClN3O. The highest BCUT2D eigenvalue weighted by Crippen LogP contribution is 2.15. The zero-order chi connectivity index (χ0) is 15.4. The molecule has 2 aliphatic rings. The summed E-state index contributed by atoms with van der Waals surface area (Å²) in [5.74, 6) is 0.965. The maximum absolute atomic E-state index is 12.5. The van der Waals surface area contributed by atoms with E-state index in [1.807, 2.05) is 36.1 Å². The quantitative estimate of drug-likeness (QED) is 0.918. The molecule has 0 saturated carbocycles. The van der Waals surface area contributed by atoms with Crippen molar-refractivity contribution in [3.63, 3.8) is 0 Å². The summed E-state index contributed by atoms with van der Waals surface area (Å²) in [6, 6.07) is 7.91. The third kappa shape index (κ3) is 4.93. The van der Waals surface area contributed by atoms with Crippen molar-refractivity contribution in [2.75, 3.05) is 45.8 Å². The first-order valence-corrected chi connectivity index (χ1v) is 8.51. The van der Waals surface area contributed by atoms with Crippen molar-refractivity contribution in [2.24, 2.45) is 5.92 Å². The summed E-state index contributed by atoms with van der Waals surface area (Å²) in [5, 5.41) is 3.49. The Kier molecular flexibility index (Phi) is 6.88. The molecule has 2 saturated heterocycles. The van der Waals surface area contributed by atoms with E-state index in [2.05, 4.69) is 10.2 Å². The lowest BCUT2D eigenvalue weighted by atomic mass is 9.99. The Bertz CT molecular complexity index is 491. The minimum absolute atomic E-state index is 0. The van der Waals surface area contributed by atoms with E-state index in [1.54, 1.807) is 0 Å². The number of nitrogens with zero attached hydrogens (tertiary/aromatic N) is 2. The van der Waals surface area contributed by atoms with Gasteiger partial charge in [-0.3, -0.25) is 9.69 Å². The van der Waals surface area contributed by atoms with E-state index in [4.69, 9.17) is 0 Å². The number of piperidine rings is 1. The summed E-state index contributed by atoms with van der Waals surface area (Å²) < 4.78 is 0. The fourth-order valence-electron chi connectivity index (χ4n) is 3.46. The van der Waals surface area contributed by atoms with Crippen LogP contribution in [0.15, 0.2) is 24.3 Å². The molecule has 1 amide bonds. The van der Waals surface area contributed by atoms with Gasteiger partial charge in [0.1, 0.15) is 0 Å². The van der Waals surface area contributed by atoms with Crippen molar-refractivity contribution >= 4 is 18.3 Å². The highest BCUT2D eigenvalue weighted by atomic mass is 35.5. The first kappa shape index (κ1) is 18.2. The molecule has 0 bridgehead atoms. The number of carbonyl (C=O) groups excluding carboxylic acids is 1.